The molecule has 1 unspecified atom stereocenters. The minimum absolute atomic E-state index is 0.115. The number of carbonyl (C=O) groups is 2. The first-order valence-electron chi connectivity index (χ1n) is 5.66. The van der Waals surface area contributed by atoms with Crippen LogP contribution in [0, 0.1) is 11.8 Å². The highest BCUT2D eigenvalue weighted by Gasteiger charge is 2.28. The maximum atomic E-state index is 11.7. The summed E-state index contributed by atoms with van der Waals surface area (Å²) in [7, 11) is 1.70. The molecule has 0 heterocycles. The fraction of sp³-hybridized carbons (Fsp3) is 0.818. The summed E-state index contributed by atoms with van der Waals surface area (Å²) < 4.78 is 0. The van der Waals surface area contributed by atoms with Crippen molar-refractivity contribution in [3.05, 3.63) is 0 Å². The van der Waals surface area contributed by atoms with Crippen LogP contribution in [0.3, 0.4) is 0 Å². The zero-order chi connectivity index (χ0) is 12.3. The number of hydrogen-bond donors (Lipinski definition) is 2. The molecule has 0 spiro atoms. The van der Waals surface area contributed by atoms with Crippen LogP contribution >= 0.6 is 0 Å². The number of carbonyl (C=O) groups excluding carboxylic acids is 1. The van der Waals surface area contributed by atoms with Gasteiger partial charge in [0.05, 0.1) is 0 Å². The lowest BCUT2D eigenvalue weighted by atomic mass is 10.1. The zero-order valence-corrected chi connectivity index (χ0v) is 10.1. The van der Waals surface area contributed by atoms with E-state index in [9.17, 15) is 9.59 Å². The Morgan fingerprint density at radius 3 is 2.38 bits per heavy atom. The first kappa shape index (κ1) is 12.8. The Morgan fingerprint density at radius 2 is 2.00 bits per heavy atom. The van der Waals surface area contributed by atoms with E-state index in [2.05, 4.69) is 5.32 Å². The van der Waals surface area contributed by atoms with Crippen LogP contribution in [0.2, 0.25) is 0 Å². The van der Waals surface area contributed by atoms with Gasteiger partial charge in [-0.15, -0.1) is 0 Å². The van der Waals surface area contributed by atoms with Crippen LogP contribution < -0.4 is 5.32 Å². The van der Waals surface area contributed by atoms with Gasteiger partial charge in [-0.2, -0.15) is 0 Å². The fourth-order valence-corrected chi connectivity index (χ4v) is 1.53. The maximum absolute atomic E-state index is 11.7. The highest BCUT2D eigenvalue weighted by molar-refractivity contribution is 5.82. The summed E-state index contributed by atoms with van der Waals surface area (Å²) in [5.41, 5.74) is 0. The average molecular weight is 228 g/mol. The summed E-state index contributed by atoms with van der Waals surface area (Å²) in [5, 5.41) is 11.5. The lowest BCUT2D eigenvalue weighted by Gasteiger charge is -2.23. The topological polar surface area (TPSA) is 69.6 Å². The summed E-state index contributed by atoms with van der Waals surface area (Å²) in [6.07, 6.45) is 2.34. The van der Waals surface area contributed by atoms with Crippen LogP contribution in [0.4, 0.5) is 4.79 Å². The van der Waals surface area contributed by atoms with Crippen LogP contribution in [-0.4, -0.2) is 41.6 Å². The molecule has 0 aromatic rings. The van der Waals surface area contributed by atoms with Gasteiger partial charge in [0.25, 0.3) is 0 Å². The maximum Gasteiger partial charge on any atom is 0.326 e. The van der Waals surface area contributed by atoms with Crippen molar-refractivity contribution in [2.24, 2.45) is 11.8 Å². The molecule has 0 aromatic heterocycles. The summed E-state index contributed by atoms with van der Waals surface area (Å²) in [5.74, 6) is -0.489. The van der Waals surface area contributed by atoms with E-state index in [1.165, 1.54) is 12.8 Å². The molecule has 0 radical (unpaired) electrons. The molecule has 2 N–H and O–H groups in total. The molecule has 1 aliphatic rings. The minimum Gasteiger partial charge on any atom is -0.480 e. The molecule has 0 aromatic carbocycles. The molecule has 92 valence electrons. The molecule has 1 aliphatic carbocycles. The second kappa shape index (κ2) is 5.18. The van der Waals surface area contributed by atoms with Gasteiger partial charge in [-0.3, -0.25) is 0 Å². The molecule has 16 heavy (non-hydrogen) atoms. The molecule has 1 saturated carbocycles. The lowest BCUT2D eigenvalue weighted by molar-refractivity contribution is -0.140. The van der Waals surface area contributed by atoms with Gasteiger partial charge in [-0.1, -0.05) is 13.8 Å². The van der Waals surface area contributed by atoms with Crippen molar-refractivity contribution in [2.75, 3.05) is 13.6 Å². The smallest absolute Gasteiger partial charge is 0.326 e. The van der Waals surface area contributed by atoms with Crippen molar-refractivity contribution in [2.45, 2.75) is 32.7 Å². The summed E-state index contributed by atoms with van der Waals surface area (Å²) in [4.78, 5) is 24.1. The van der Waals surface area contributed by atoms with Crippen molar-refractivity contribution in [1.82, 2.24) is 10.2 Å². The van der Waals surface area contributed by atoms with Crippen molar-refractivity contribution in [1.29, 1.82) is 0 Å². The minimum atomic E-state index is -0.983. The van der Waals surface area contributed by atoms with E-state index >= 15 is 0 Å². The van der Waals surface area contributed by atoms with Crippen LogP contribution in [0.25, 0.3) is 0 Å². The summed E-state index contributed by atoms with van der Waals surface area (Å²) in [6.45, 7) is 4.27. The second-order valence-corrected chi connectivity index (χ2v) is 4.83. The normalized spacial score (nSPS) is 17.0. The molecule has 1 rings (SSSR count). The van der Waals surface area contributed by atoms with E-state index in [0.29, 0.717) is 5.92 Å². The predicted molar refractivity (Wildman–Crippen MR) is 60.1 cm³/mol. The number of hydrogen-bond acceptors (Lipinski definition) is 2. The highest BCUT2D eigenvalue weighted by Crippen LogP contribution is 2.29. The Kier molecular flexibility index (Phi) is 4.15. The number of nitrogens with zero attached hydrogens (tertiary/aromatic N) is 1. The molecule has 0 aliphatic heterocycles. The quantitative estimate of drug-likeness (QED) is 0.741. The fourth-order valence-electron chi connectivity index (χ4n) is 1.53. The van der Waals surface area contributed by atoms with Crippen LogP contribution in [-0.2, 0) is 4.79 Å². The third kappa shape index (κ3) is 3.72. The first-order valence-corrected chi connectivity index (χ1v) is 5.66. The van der Waals surface area contributed by atoms with Crippen molar-refractivity contribution < 1.29 is 14.7 Å². The first-order chi connectivity index (χ1) is 7.41. The van der Waals surface area contributed by atoms with Crippen LogP contribution in [0.1, 0.15) is 26.7 Å². The Balaban J connectivity index is 2.43. The van der Waals surface area contributed by atoms with E-state index < -0.39 is 12.0 Å². The van der Waals surface area contributed by atoms with Gasteiger partial charge in [0.2, 0.25) is 0 Å². The molecular formula is C11H20N2O3. The standard InChI is InChI=1S/C11H20N2O3/c1-7(2)9(10(14)15)12-11(16)13(3)6-8-4-5-8/h7-9H,4-6H2,1-3H3,(H,12,16)(H,14,15). The Morgan fingerprint density at radius 1 is 1.44 bits per heavy atom. The number of amides is 2. The zero-order valence-electron chi connectivity index (χ0n) is 10.1. The lowest BCUT2D eigenvalue weighted by Crippen LogP contribution is -2.49. The number of carboxylic acid groups (broad SMARTS) is 1. The van der Waals surface area contributed by atoms with Crippen molar-refractivity contribution in [3.8, 4) is 0 Å². The molecule has 5 heteroatoms. The number of carboxylic acids is 1. The molecule has 1 atom stereocenters. The van der Waals surface area contributed by atoms with Crippen LogP contribution in [0.5, 0.6) is 0 Å². The van der Waals surface area contributed by atoms with Gasteiger partial charge in [0, 0.05) is 13.6 Å². The van der Waals surface area contributed by atoms with Crippen molar-refractivity contribution >= 4 is 12.0 Å². The number of nitrogens with one attached hydrogen (secondary N) is 1. The Labute approximate surface area is 95.8 Å². The Bertz CT molecular complexity index is 274. The second-order valence-electron chi connectivity index (χ2n) is 4.83. The van der Waals surface area contributed by atoms with E-state index in [4.69, 9.17) is 5.11 Å². The third-order valence-corrected chi connectivity index (χ3v) is 2.79. The molecular weight excluding hydrogens is 208 g/mol. The van der Waals surface area contributed by atoms with Gasteiger partial charge in [-0.25, -0.2) is 9.59 Å². The predicted octanol–water partition coefficient (Wildman–Crippen LogP) is 1.15. The monoisotopic (exact) mass is 228 g/mol. The number of aliphatic carboxylic acids is 1. The van der Waals surface area contributed by atoms with Gasteiger partial charge in [-0.05, 0) is 24.7 Å². The highest BCUT2D eigenvalue weighted by atomic mass is 16.4. The van der Waals surface area contributed by atoms with E-state index in [0.717, 1.165) is 6.54 Å². The molecule has 2 amide bonds. The number of rotatable bonds is 5. The van der Waals surface area contributed by atoms with E-state index in [1.807, 2.05) is 0 Å². The summed E-state index contributed by atoms with van der Waals surface area (Å²) >= 11 is 0. The van der Waals surface area contributed by atoms with Gasteiger partial charge in [0.1, 0.15) is 6.04 Å². The van der Waals surface area contributed by atoms with Crippen LogP contribution in [0.15, 0.2) is 0 Å². The van der Waals surface area contributed by atoms with Crippen molar-refractivity contribution in [3.63, 3.8) is 0 Å². The third-order valence-electron chi connectivity index (χ3n) is 2.79. The molecule has 5 nitrogen and oxygen atoms in total. The van der Waals surface area contributed by atoms with Gasteiger partial charge >= 0.3 is 12.0 Å². The average Bonchev–Trinajstić information content (AvgIpc) is 2.96. The SMILES string of the molecule is CC(C)C(NC(=O)N(C)CC1CC1)C(=O)O. The number of urea groups is 1. The summed E-state index contributed by atoms with van der Waals surface area (Å²) in [6, 6.07) is -1.11. The van der Waals surface area contributed by atoms with E-state index in [1.54, 1.807) is 25.8 Å². The van der Waals surface area contributed by atoms with Gasteiger partial charge < -0.3 is 15.3 Å². The van der Waals surface area contributed by atoms with E-state index in [-0.39, 0.29) is 11.9 Å². The Hall–Kier alpha value is -1.26. The molecule has 0 saturated heterocycles. The molecule has 0 bridgehead atoms. The largest absolute Gasteiger partial charge is 0.480 e. The van der Waals surface area contributed by atoms with Gasteiger partial charge in [0.15, 0.2) is 0 Å². The molecule has 1 fully saturated rings.